The maximum atomic E-state index is 5.58. The van der Waals surface area contributed by atoms with Crippen molar-refractivity contribution in [1.29, 1.82) is 0 Å². The summed E-state index contributed by atoms with van der Waals surface area (Å²) in [4.78, 5) is 0. The fourth-order valence-corrected chi connectivity index (χ4v) is 1.49. The van der Waals surface area contributed by atoms with E-state index in [2.05, 4.69) is 0 Å². The zero-order valence-corrected chi connectivity index (χ0v) is 8.32. The minimum atomic E-state index is -0.498. The average Bonchev–Trinajstić information content (AvgIpc) is 1.30. The van der Waals surface area contributed by atoms with E-state index in [0.717, 1.165) is 10.2 Å². The predicted octanol–water partition coefficient (Wildman–Crippen LogP) is 1.11. The molecule has 0 spiro atoms. The molecule has 0 aliphatic rings. The van der Waals surface area contributed by atoms with Crippen LogP contribution in [0.15, 0.2) is 0 Å². The topological polar surface area (TPSA) is 0 Å². The molecule has 0 bridgehead atoms. The molecule has 0 amide bonds. The Morgan fingerprint density at radius 1 is 1.43 bits per heavy atom. The van der Waals surface area contributed by atoms with Crippen LogP contribution >= 0.6 is 34.8 Å². The van der Waals surface area contributed by atoms with Crippen molar-refractivity contribution in [2.45, 2.75) is 10.4 Å². The first kappa shape index (κ1) is 8.09. The molecule has 0 saturated heterocycles. The molecule has 0 radical (unpaired) electrons. The third-order valence-electron chi connectivity index (χ3n) is 0.533. The molecule has 44 valence electrons. The van der Waals surface area contributed by atoms with Gasteiger partial charge in [-0.05, 0) is 6.42 Å². The van der Waals surface area contributed by atoms with E-state index in [1.807, 2.05) is 0 Å². The van der Waals surface area contributed by atoms with Gasteiger partial charge < -0.3 is 0 Å². The normalized spacial score (nSPS) is 12.4. The van der Waals surface area contributed by atoms with Crippen molar-refractivity contribution in [3.63, 3.8) is 0 Å². The van der Waals surface area contributed by atoms with Crippen LogP contribution in [0.3, 0.4) is 0 Å². The highest BCUT2D eigenvalue weighted by Gasteiger charge is 2.13. The summed E-state index contributed by atoms with van der Waals surface area (Å²) in [5, 5.41) is 0. The van der Waals surface area contributed by atoms with Gasteiger partial charge in [-0.15, -0.1) is 34.8 Å². The molecule has 0 aromatic carbocycles. The van der Waals surface area contributed by atoms with E-state index in [1.54, 1.807) is 0 Å². The zero-order valence-electron chi connectivity index (χ0n) is 4.05. The molecule has 0 heterocycles. The van der Waals surface area contributed by atoms with E-state index in [4.69, 9.17) is 34.8 Å². The highest BCUT2D eigenvalue weighted by atomic mass is 35.5. The van der Waals surface area contributed by atoms with Crippen LogP contribution in [0.25, 0.3) is 0 Å². The first-order valence-electron chi connectivity index (χ1n) is 2.00. The van der Waals surface area contributed by atoms with Crippen LogP contribution in [-0.2, 0) is 0 Å². The molecule has 0 aliphatic heterocycles. The Labute approximate surface area is 61.5 Å². The van der Waals surface area contributed by atoms with Crippen LogP contribution in [0.1, 0.15) is 6.42 Å². The monoisotopic (exact) mass is 176 g/mol. The van der Waals surface area contributed by atoms with Crippen LogP contribution in [0.2, 0.25) is 0 Å². The van der Waals surface area contributed by atoms with Crippen molar-refractivity contribution in [3.8, 4) is 0 Å². The van der Waals surface area contributed by atoms with Crippen molar-refractivity contribution in [3.05, 3.63) is 0 Å². The third kappa shape index (κ3) is 7.09. The van der Waals surface area contributed by atoms with E-state index in [1.165, 1.54) is 0 Å². The molecule has 0 aromatic rings. The van der Waals surface area contributed by atoms with Gasteiger partial charge in [-0.25, -0.2) is 0 Å². The average molecular weight is 178 g/mol. The molecule has 4 heteroatoms. The molecule has 0 rings (SSSR count). The van der Waals surface area contributed by atoms with Crippen LogP contribution in [0.5, 0.6) is 0 Å². The van der Waals surface area contributed by atoms with Gasteiger partial charge in [0.25, 0.3) is 0 Å². The van der Waals surface area contributed by atoms with Crippen molar-refractivity contribution in [2.24, 2.45) is 0 Å². The van der Waals surface area contributed by atoms with Gasteiger partial charge in [0.05, 0.1) is 3.96 Å². The first-order valence-corrected chi connectivity index (χ1v) is 4.29. The molecule has 0 aliphatic carbocycles. The lowest BCUT2D eigenvalue weighted by Gasteiger charge is -2.08. The van der Waals surface area contributed by atoms with Gasteiger partial charge in [0, 0.05) is 16.1 Å². The maximum absolute atomic E-state index is 5.58. The van der Waals surface area contributed by atoms with Gasteiger partial charge in [-0.3, -0.25) is 0 Å². The third-order valence-corrected chi connectivity index (χ3v) is 1.60. The van der Waals surface area contributed by atoms with Crippen molar-refractivity contribution in [2.75, 3.05) is 5.88 Å². The molecular weight excluding hydrogens is 170 g/mol. The number of rotatable bonds is 2. The first-order chi connectivity index (χ1) is 3.06. The van der Waals surface area contributed by atoms with E-state index in [-0.39, 0.29) is 0 Å². The zero-order chi connectivity index (χ0) is 5.91. The second-order valence-electron chi connectivity index (χ2n) is 1.51. The van der Waals surface area contributed by atoms with E-state index < -0.39 is 3.96 Å². The number of alkyl halides is 3. The standard InChI is InChI=1S/C3H7Cl3Si/c4-2-1-3(5,6)7/h1-2H2,7H3. The molecular formula is C3H7Cl3Si. The minimum Gasteiger partial charge on any atom is -0.127 e. The number of halogens is 3. The second-order valence-corrected chi connectivity index (χ2v) is 6.72. The molecule has 0 N–H and O–H groups in total. The molecule has 0 unspecified atom stereocenters. The predicted molar refractivity (Wildman–Crippen MR) is 39.7 cm³/mol. The van der Waals surface area contributed by atoms with E-state index >= 15 is 0 Å². The van der Waals surface area contributed by atoms with Crippen LogP contribution in [-0.4, -0.2) is 20.1 Å². The molecule has 7 heavy (non-hydrogen) atoms. The Morgan fingerprint density at radius 3 is 1.86 bits per heavy atom. The molecule has 0 saturated carbocycles. The summed E-state index contributed by atoms with van der Waals surface area (Å²) in [5.74, 6) is 0.552. The van der Waals surface area contributed by atoms with Gasteiger partial charge in [-0.2, -0.15) is 0 Å². The Kier molecular flexibility index (Phi) is 3.67. The maximum Gasteiger partial charge on any atom is 0.0983 e. The van der Waals surface area contributed by atoms with E-state index in [9.17, 15) is 0 Å². The van der Waals surface area contributed by atoms with E-state index in [0.29, 0.717) is 12.3 Å². The second kappa shape index (κ2) is 3.18. The smallest absolute Gasteiger partial charge is 0.0983 e. The van der Waals surface area contributed by atoms with Crippen molar-refractivity contribution in [1.82, 2.24) is 0 Å². The number of hydrogen-bond acceptors (Lipinski definition) is 0. The summed E-state index contributed by atoms with van der Waals surface area (Å²) in [7, 11) is 0.784. The van der Waals surface area contributed by atoms with Gasteiger partial charge in [0.1, 0.15) is 0 Å². The Balaban J connectivity index is 3.15. The summed E-state index contributed by atoms with van der Waals surface area (Å²) < 4.78 is -0.498. The molecule has 0 fully saturated rings. The fraction of sp³-hybridized carbons (Fsp3) is 1.00. The lowest BCUT2D eigenvalue weighted by atomic mass is 10.6. The van der Waals surface area contributed by atoms with Crippen molar-refractivity contribution < 1.29 is 0 Å². The van der Waals surface area contributed by atoms with Crippen molar-refractivity contribution >= 4 is 45.0 Å². The van der Waals surface area contributed by atoms with Gasteiger partial charge in [-0.1, -0.05) is 0 Å². The molecule has 0 aromatic heterocycles. The Hall–Kier alpha value is 1.09. The van der Waals surface area contributed by atoms with Gasteiger partial charge in [0.15, 0.2) is 0 Å². The lowest BCUT2D eigenvalue weighted by molar-refractivity contribution is 0.981. The van der Waals surface area contributed by atoms with Gasteiger partial charge in [0.2, 0.25) is 0 Å². The quantitative estimate of drug-likeness (QED) is 0.438. The Bertz CT molecular complexity index is 48.6. The highest BCUT2D eigenvalue weighted by molar-refractivity contribution is 6.65. The summed E-state index contributed by atoms with van der Waals surface area (Å²) in [6.07, 6.45) is 0.698. The van der Waals surface area contributed by atoms with Gasteiger partial charge >= 0.3 is 0 Å². The summed E-state index contributed by atoms with van der Waals surface area (Å²) in [6.45, 7) is 0. The summed E-state index contributed by atoms with van der Waals surface area (Å²) in [6, 6.07) is 0. The SMILES string of the molecule is [SiH3]C(Cl)(Cl)CCCl. The largest absolute Gasteiger partial charge is 0.127 e. The summed E-state index contributed by atoms with van der Waals surface area (Å²) in [5.41, 5.74) is 0. The van der Waals surface area contributed by atoms with Crippen LogP contribution in [0.4, 0.5) is 0 Å². The lowest BCUT2D eigenvalue weighted by Crippen LogP contribution is -2.11. The van der Waals surface area contributed by atoms with Crippen LogP contribution in [0, 0.1) is 0 Å². The summed E-state index contributed by atoms with van der Waals surface area (Å²) >= 11 is 16.5. The molecule has 0 atom stereocenters. The van der Waals surface area contributed by atoms with Crippen LogP contribution < -0.4 is 0 Å². The highest BCUT2D eigenvalue weighted by Crippen LogP contribution is 2.20. The minimum absolute atomic E-state index is 0.498. The Morgan fingerprint density at radius 2 is 1.86 bits per heavy atom. The fourth-order valence-electron chi connectivity index (χ4n) is 0.166. The molecule has 0 nitrogen and oxygen atoms in total. The number of hydrogen-bond donors (Lipinski definition) is 0.